The van der Waals surface area contributed by atoms with Crippen LogP contribution in [0.1, 0.15) is 56.9 Å². The summed E-state index contributed by atoms with van der Waals surface area (Å²) in [4.78, 5) is 12.4. The number of amides is 2. The third-order valence-corrected chi connectivity index (χ3v) is 7.92. The van der Waals surface area contributed by atoms with Gasteiger partial charge in [0.2, 0.25) is 10.0 Å². The molecule has 0 bridgehead atoms. The number of carbonyl (C=O) groups is 1. The quantitative estimate of drug-likeness (QED) is 0.758. The number of nitrogens with zero attached hydrogens (tertiary/aromatic N) is 1. The normalized spacial score (nSPS) is 20.0. The van der Waals surface area contributed by atoms with Crippen molar-refractivity contribution in [1.82, 2.24) is 14.9 Å². The highest BCUT2D eigenvalue weighted by atomic mass is 32.2. The Morgan fingerprint density at radius 1 is 1.04 bits per heavy atom. The standard InChI is InChI=1S/C21H33N3O3S/c1-17-7-9-20(10-8-17)28(26,27)24-15-12-18(13-16-24)11-14-22-21(25)23-19-5-3-2-4-6-19/h7-10,18-19H,2-6,11-16H2,1H3,(H2,22,23,25). The Morgan fingerprint density at radius 2 is 1.68 bits per heavy atom. The smallest absolute Gasteiger partial charge is 0.315 e. The number of nitrogens with one attached hydrogen (secondary N) is 2. The summed E-state index contributed by atoms with van der Waals surface area (Å²) in [5, 5.41) is 6.04. The van der Waals surface area contributed by atoms with E-state index in [0.29, 0.717) is 36.5 Å². The second kappa shape index (κ2) is 9.74. The summed E-state index contributed by atoms with van der Waals surface area (Å²) in [7, 11) is -3.40. The van der Waals surface area contributed by atoms with Crippen molar-refractivity contribution < 1.29 is 13.2 Å². The molecule has 1 aliphatic carbocycles. The maximum absolute atomic E-state index is 12.8. The predicted octanol–water partition coefficient (Wildman–Crippen LogP) is 3.42. The molecule has 1 aromatic carbocycles. The van der Waals surface area contributed by atoms with E-state index in [1.165, 1.54) is 19.3 Å². The van der Waals surface area contributed by atoms with Crippen molar-refractivity contribution in [3.05, 3.63) is 29.8 Å². The number of benzene rings is 1. The Morgan fingerprint density at radius 3 is 2.32 bits per heavy atom. The van der Waals surface area contributed by atoms with Crippen LogP contribution < -0.4 is 10.6 Å². The molecule has 0 spiro atoms. The lowest BCUT2D eigenvalue weighted by atomic mass is 9.94. The molecule has 28 heavy (non-hydrogen) atoms. The van der Waals surface area contributed by atoms with E-state index in [0.717, 1.165) is 37.7 Å². The van der Waals surface area contributed by atoms with Crippen LogP contribution in [0.4, 0.5) is 4.79 Å². The van der Waals surface area contributed by atoms with Crippen molar-refractivity contribution in [3.8, 4) is 0 Å². The van der Waals surface area contributed by atoms with E-state index in [-0.39, 0.29) is 6.03 Å². The van der Waals surface area contributed by atoms with E-state index >= 15 is 0 Å². The zero-order valence-corrected chi connectivity index (χ0v) is 17.6. The fourth-order valence-electron chi connectivity index (χ4n) is 4.17. The molecule has 0 unspecified atom stereocenters. The van der Waals surface area contributed by atoms with Gasteiger partial charge < -0.3 is 10.6 Å². The number of rotatable bonds is 6. The van der Waals surface area contributed by atoms with Gasteiger partial charge in [0, 0.05) is 25.7 Å². The molecular formula is C21H33N3O3S. The van der Waals surface area contributed by atoms with E-state index in [1.807, 2.05) is 19.1 Å². The summed E-state index contributed by atoms with van der Waals surface area (Å²) in [5.74, 6) is 0.458. The molecule has 1 aliphatic heterocycles. The number of piperidine rings is 1. The molecule has 1 saturated heterocycles. The van der Waals surface area contributed by atoms with Gasteiger partial charge in [0.1, 0.15) is 0 Å². The summed E-state index contributed by atoms with van der Waals surface area (Å²) in [6, 6.07) is 7.31. The molecule has 2 N–H and O–H groups in total. The fraction of sp³-hybridized carbons (Fsp3) is 0.667. The van der Waals surface area contributed by atoms with Crippen LogP contribution in [0.3, 0.4) is 0 Å². The minimum atomic E-state index is -3.40. The molecule has 2 aliphatic rings. The highest BCUT2D eigenvalue weighted by molar-refractivity contribution is 7.89. The van der Waals surface area contributed by atoms with Crippen molar-refractivity contribution in [1.29, 1.82) is 0 Å². The summed E-state index contributed by atoms with van der Waals surface area (Å²) >= 11 is 0. The zero-order valence-electron chi connectivity index (χ0n) is 16.8. The van der Waals surface area contributed by atoms with Crippen molar-refractivity contribution in [2.75, 3.05) is 19.6 Å². The summed E-state index contributed by atoms with van der Waals surface area (Å²) in [6.45, 7) is 3.70. The summed E-state index contributed by atoms with van der Waals surface area (Å²) in [6.07, 6.45) is 8.44. The molecule has 156 valence electrons. The lowest BCUT2D eigenvalue weighted by Crippen LogP contribution is -2.44. The highest BCUT2D eigenvalue weighted by Crippen LogP contribution is 2.25. The van der Waals surface area contributed by atoms with Crippen LogP contribution in [0, 0.1) is 12.8 Å². The maximum atomic E-state index is 12.8. The van der Waals surface area contributed by atoms with Gasteiger partial charge in [-0.15, -0.1) is 0 Å². The van der Waals surface area contributed by atoms with Crippen molar-refractivity contribution in [3.63, 3.8) is 0 Å². The van der Waals surface area contributed by atoms with Gasteiger partial charge in [0.15, 0.2) is 0 Å². The lowest BCUT2D eigenvalue weighted by Gasteiger charge is -2.31. The Kier molecular flexibility index (Phi) is 7.35. The number of urea groups is 1. The van der Waals surface area contributed by atoms with Crippen LogP contribution in [-0.4, -0.2) is 44.4 Å². The van der Waals surface area contributed by atoms with Gasteiger partial charge in [-0.2, -0.15) is 4.31 Å². The van der Waals surface area contributed by atoms with Crippen LogP contribution in [0.25, 0.3) is 0 Å². The van der Waals surface area contributed by atoms with E-state index in [4.69, 9.17) is 0 Å². The first kappa shape index (κ1) is 21.1. The Bertz CT molecular complexity index is 735. The van der Waals surface area contributed by atoms with E-state index < -0.39 is 10.0 Å². The van der Waals surface area contributed by atoms with Gasteiger partial charge >= 0.3 is 6.03 Å². The van der Waals surface area contributed by atoms with Gasteiger partial charge in [-0.3, -0.25) is 0 Å². The van der Waals surface area contributed by atoms with Crippen molar-refractivity contribution >= 4 is 16.1 Å². The van der Waals surface area contributed by atoms with Crippen LogP contribution in [0.5, 0.6) is 0 Å². The fourth-order valence-corrected chi connectivity index (χ4v) is 5.64. The third kappa shape index (κ3) is 5.70. The molecule has 0 aromatic heterocycles. The van der Waals surface area contributed by atoms with E-state index in [9.17, 15) is 13.2 Å². The van der Waals surface area contributed by atoms with Crippen molar-refractivity contribution in [2.45, 2.75) is 69.2 Å². The zero-order chi connectivity index (χ0) is 20.0. The van der Waals surface area contributed by atoms with Crippen molar-refractivity contribution in [2.24, 2.45) is 5.92 Å². The first-order chi connectivity index (χ1) is 13.4. The second-order valence-corrected chi connectivity index (χ2v) is 10.1. The maximum Gasteiger partial charge on any atom is 0.315 e. The second-order valence-electron chi connectivity index (χ2n) is 8.18. The number of carbonyl (C=O) groups excluding carboxylic acids is 1. The number of hydrogen-bond acceptors (Lipinski definition) is 3. The average Bonchev–Trinajstić information content (AvgIpc) is 2.69. The molecule has 6 nitrogen and oxygen atoms in total. The number of aryl methyl sites for hydroxylation is 1. The molecular weight excluding hydrogens is 374 g/mol. The van der Waals surface area contributed by atoms with Crippen LogP contribution in [-0.2, 0) is 10.0 Å². The Labute approximate surface area is 169 Å². The predicted molar refractivity (Wildman–Crippen MR) is 111 cm³/mol. The minimum Gasteiger partial charge on any atom is -0.338 e. The van der Waals surface area contributed by atoms with E-state index in [1.54, 1.807) is 16.4 Å². The van der Waals surface area contributed by atoms with Gasteiger partial charge in [0.25, 0.3) is 0 Å². The Hall–Kier alpha value is -1.60. The molecule has 1 heterocycles. The van der Waals surface area contributed by atoms with Crippen LogP contribution >= 0.6 is 0 Å². The molecule has 3 rings (SSSR count). The summed E-state index contributed by atoms with van der Waals surface area (Å²) in [5.41, 5.74) is 1.05. The third-order valence-electron chi connectivity index (χ3n) is 6.01. The van der Waals surface area contributed by atoms with Crippen LogP contribution in [0.2, 0.25) is 0 Å². The molecule has 1 aromatic rings. The summed E-state index contributed by atoms with van der Waals surface area (Å²) < 4.78 is 27.1. The Balaban J connectivity index is 1.38. The van der Waals surface area contributed by atoms with Gasteiger partial charge in [-0.25, -0.2) is 13.2 Å². The molecule has 0 radical (unpaired) electrons. The molecule has 7 heteroatoms. The first-order valence-corrected chi connectivity index (χ1v) is 12.0. The minimum absolute atomic E-state index is 0.0636. The van der Waals surface area contributed by atoms with Crippen LogP contribution in [0.15, 0.2) is 29.2 Å². The van der Waals surface area contributed by atoms with Gasteiger partial charge in [0.05, 0.1) is 4.90 Å². The number of hydrogen-bond donors (Lipinski definition) is 2. The largest absolute Gasteiger partial charge is 0.338 e. The monoisotopic (exact) mass is 407 g/mol. The molecule has 2 fully saturated rings. The van der Waals surface area contributed by atoms with Gasteiger partial charge in [-0.05, 0) is 57.1 Å². The molecule has 1 saturated carbocycles. The number of sulfonamides is 1. The molecule has 2 amide bonds. The lowest BCUT2D eigenvalue weighted by molar-refractivity contribution is 0.228. The highest BCUT2D eigenvalue weighted by Gasteiger charge is 2.29. The first-order valence-electron chi connectivity index (χ1n) is 10.6. The molecule has 0 atom stereocenters. The van der Waals surface area contributed by atoms with Gasteiger partial charge in [-0.1, -0.05) is 37.0 Å². The topological polar surface area (TPSA) is 78.5 Å². The SMILES string of the molecule is Cc1ccc(S(=O)(=O)N2CCC(CCNC(=O)NC3CCCCC3)CC2)cc1. The average molecular weight is 408 g/mol. The van der Waals surface area contributed by atoms with E-state index in [2.05, 4.69) is 10.6 Å².